The average molecular weight is 399 g/mol. The molecule has 0 radical (unpaired) electrons. The Morgan fingerprint density at radius 2 is 1.87 bits per heavy atom. The number of piperidine rings is 1. The van der Waals surface area contributed by atoms with Crippen molar-refractivity contribution in [2.45, 2.75) is 19.4 Å². The molecule has 5 heteroatoms. The average Bonchev–Trinajstić information content (AvgIpc) is 3.19. The molecule has 0 amide bonds. The van der Waals surface area contributed by atoms with Crippen molar-refractivity contribution in [3.05, 3.63) is 83.5 Å². The molecule has 2 aromatic heterocycles. The summed E-state index contributed by atoms with van der Waals surface area (Å²) < 4.78 is 3.94. The number of benzene rings is 2. The minimum atomic E-state index is 0.0654. The van der Waals surface area contributed by atoms with E-state index in [2.05, 4.69) is 51.8 Å². The number of likely N-dealkylation sites (tertiary alicyclic amines) is 1. The maximum Gasteiger partial charge on any atom is 0.251 e. The second kappa shape index (κ2) is 7.92. The largest absolute Gasteiger partial charge is 0.315 e. The molecule has 0 N–H and O–H groups in total. The number of nitrogens with zero attached hydrogens (tertiary/aromatic N) is 4. The van der Waals surface area contributed by atoms with Crippen LogP contribution in [0.1, 0.15) is 12.8 Å². The van der Waals surface area contributed by atoms with Crippen molar-refractivity contribution in [1.29, 1.82) is 0 Å². The van der Waals surface area contributed by atoms with E-state index >= 15 is 0 Å². The fourth-order valence-electron chi connectivity index (χ4n) is 4.53. The van der Waals surface area contributed by atoms with Crippen molar-refractivity contribution in [3.8, 4) is 16.8 Å². The molecule has 0 aliphatic carbocycles. The Bertz CT molecular complexity index is 1220. The van der Waals surface area contributed by atoms with E-state index in [1.807, 2.05) is 41.4 Å². The van der Waals surface area contributed by atoms with Crippen molar-refractivity contribution in [2.24, 2.45) is 5.92 Å². The van der Waals surface area contributed by atoms with Gasteiger partial charge in [-0.25, -0.2) is 4.98 Å². The molecule has 5 nitrogen and oxygen atoms in total. The van der Waals surface area contributed by atoms with Gasteiger partial charge in [0.1, 0.15) is 6.33 Å². The molecule has 5 rings (SSSR count). The van der Waals surface area contributed by atoms with Gasteiger partial charge in [-0.15, -0.1) is 0 Å². The molecule has 4 aromatic rings. The lowest BCUT2D eigenvalue weighted by atomic mass is 9.98. The van der Waals surface area contributed by atoms with Crippen molar-refractivity contribution in [2.75, 3.05) is 20.1 Å². The minimum absolute atomic E-state index is 0.0654. The van der Waals surface area contributed by atoms with Gasteiger partial charge in [-0.05, 0) is 73.8 Å². The van der Waals surface area contributed by atoms with Crippen LogP contribution in [0.15, 0.2) is 78.0 Å². The first-order chi connectivity index (χ1) is 14.7. The van der Waals surface area contributed by atoms with Crippen LogP contribution in [0.25, 0.3) is 27.8 Å². The third-order valence-corrected chi connectivity index (χ3v) is 6.09. The van der Waals surface area contributed by atoms with Gasteiger partial charge in [0.25, 0.3) is 5.56 Å². The number of aromatic nitrogens is 3. The summed E-state index contributed by atoms with van der Waals surface area (Å²) in [7, 11) is 2.16. The lowest BCUT2D eigenvalue weighted by Gasteiger charge is -2.30. The molecule has 3 heterocycles. The number of imidazole rings is 1. The summed E-state index contributed by atoms with van der Waals surface area (Å²) >= 11 is 0. The molecular formula is C25H26N4O. The third-order valence-electron chi connectivity index (χ3n) is 6.09. The maximum absolute atomic E-state index is 12.8. The van der Waals surface area contributed by atoms with E-state index in [0.29, 0.717) is 5.92 Å². The summed E-state index contributed by atoms with van der Waals surface area (Å²) in [4.78, 5) is 19.7. The second-order valence-corrected chi connectivity index (χ2v) is 8.33. The van der Waals surface area contributed by atoms with Gasteiger partial charge >= 0.3 is 0 Å². The Balaban J connectivity index is 1.41. The topological polar surface area (TPSA) is 43.1 Å². The van der Waals surface area contributed by atoms with E-state index in [-0.39, 0.29) is 5.56 Å². The zero-order chi connectivity index (χ0) is 20.5. The molecule has 30 heavy (non-hydrogen) atoms. The van der Waals surface area contributed by atoms with E-state index in [1.54, 1.807) is 6.07 Å². The molecule has 0 saturated carbocycles. The fraction of sp³-hybridized carbons (Fsp3) is 0.280. The predicted molar refractivity (Wildman–Crippen MR) is 121 cm³/mol. The number of rotatable bonds is 4. The van der Waals surface area contributed by atoms with E-state index in [9.17, 15) is 4.79 Å². The van der Waals surface area contributed by atoms with Gasteiger partial charge in [0, 0.05) is 31.0 Å². The standard InChI is InChI=1S/C25H26N4O/c1-27-12-5-6-19(16-27)17-28-13-11-21(15-25(28)30)20-9-10-24-23(14-20)26-18-29(24)22-7-3-2-4-8-22/h2-4,7-11,13-15,18-19H,5-6,12,16-17H2,1H3. The normalized spacial score (nSPS) is 17.4. The second-order valence-electron chi connectivity index (χ2n) is 8.33. The first-order valence-electron chi connectivity index (χ1n) is 10.6. The molecule has 152 valence electrons. The Hall–Kier alpha value is -3.18. The molecule has 1 aliphatic rings. The molecule has 0 spiro atoms. The Labute approximate surface area is 176 Å². The van der Waals surface area contributed by atoms with Gasteiger partial charge in [0.05, 0.1) is 11.0 Å². The molecule has 1 unspecified atom stereocenters. The van der Waals surface area contributed by atoms with Crippen LogP contribution >= 0.6 is 0 Å². The smallest absolute Gasteiger partial charge is 0.251 e. The van der Waals surface area contributed by atoms with E-state index in [1.165, 1.54) is 12.8 Å². The first-order valence-corrected chi connectivity index (χ1v) is 10.6. The summed E-state index contributed by atoms with van der Waals surface area (Å²) in [5, 5.41) is 0. The lowest BCUT2D eigenvalue weighted by molar-refractivity contribution is 0.193. The van der Waals surface area contributed by atoms with Crippen LogP contribution in [-0.2, 0) is 6.54 Å². The highest BCUT2D eigenvalue weighted by Crippen LogP contribution is 2.25. The molecule has 1 aliphatic heterocycles. The first kappa shape index (κ1) is 18.8. The van der Waals surface area contributed by atoms with Gasteiger partial charge in [-0.1, -0.05) is 24.3 Å². The molecule has 2 aromatic carbocycles. The van der Waals surface area contributed by atoms with E-state index < -0.39 is 0 Å². The zero-order valence-corrected chi connectivity index (χ0v) is 17.2. The van der Waals surface area contributed by atoms with Crippen LogP contribution in [0, 0.1) is 5.92 Å². The fourth-order valence-corrected chi connectivity index (χ4v) is 4.53. The molecule has 0 bridgehead atoms. The van der Waals surface area contributed by atoms with E-state index in [4.69, 9.17) is 0 Å². The SMILES string of the molecule is CN1CCCC(Cn2ccc(-c3ccc4c(c3)ncn4-c3ccccc3)cc2=O)C1. The predicted octanol–water partition coefficient (Wildman–Crippen LogP) is 4.20. The summed E-state index contributed by atoms with van der Waals surface area (Å²) in [6.45, 7) is 3.02. The van der Waals surface area contributed by atoms with Crippen LogP contribution < -0.4 is 5.56 Å². The van der Waals surface area contributed by atoms with Crippen molar-refractivity contribution < 1.29 is 0 Å². The maximum atomic E-state index is 12.8. The highest BCUT2D eigenvalue weighted by Gasteiger charge is 2.18. The van der Waals surface area contributed by atoms with Crippen LogP contribution in [0.4, 0.5) is 0 Å². The van der Waals surface area contributed by atoms with Crippen molar-refractivity contribution in [1.82, 2.24) is 19.0 Å². The van der Waals surface area contributed by atoms with Gasteiger partial charge in [0.15, 0.2) is 0 Å². The van der Waals surface area contributed by atoms with Crippen LogP contribution in [0.5, 0.6) is 0 Å². The van der Waals surface area contributed by atoms with E-state index in [0.717, 1.165) is 47.5 Å². The molecule has 1 saturated heterocycles. The highest BCUT2D eigenvalue weighted by atomic mass is 16.1. The van der Waals surface area contributed by atoms with Gasteiger partial charge in [-0.2, -0.15) is 0 Å². The number of hydrogen-bond donors (Lipinski definition) is 0. The number of para-hydroxylation sites is 1. The minimum Gasteiger partial charge on any atom is -0.315 e. The number of hydrogen-bond acceptors (Lipinski definition) is 3. The summed E-state index contributed by atoms with van der Waals surface area (Å²) in [6.07, 6.45) is 6.20. The Kier molecular flexibility index (Phi) is 4.97. The lowest BCUT2D eigenvalue weighted by Crippen LogP contribution is -2.35. The quantitative estimate of drug-likeness (QED) is 0.518. The Morgan fingerprint density at radius 3 is 2.67 bits per heavy atom. The van der Waals surface area contributed by atoms with Crippen LogP contribution in [0.3, 0.4) is 0 Å². The third kappa shape index (κ3) is 3.68. The van der Waals surface area contributed by atoms with Crippen molar-refractivity contribution in [3.63, 3.8) is 0 Å². The van der Waals surface area contributed by atoms with Crippen molar-refractivity contribution >= 4 is 11.0 Å². The summed E-state index contributed by atoms with van der Waals surface area (Å²) in [6, 6.07) is 20.2. The summed E-state index contributed by atoms with van der Waals surface area (Å²) in [5.74, 6) is 0.547. The van der Waals surface area contributed by atoms with Crippen LogP contribution in [0.2, 0.25) is 0 Å². The van der Waals surface area contributed by atoms with Gasteiger partial charge < -0.3 is 9.47 Å². The molecule has 1 atom stereocenters. The van der Waals surface area contributed by atoms with Gasteiger partial charge in [-0.3, -0.25) is 9.36 Å². The summed E-state index contributed by atoms with van der Waals surface area (Å²) in [5.41, 5.74) is 5.08. The molecular weight excluding hydrogens is 372 g/mol. The van der Waals surface area contributed by atoms with Gasteiger partial charge in [0.2, 0.25) is 0 Å². The number of pyridine rings is 1. The molecule has 1 fully saturated rings. The Morgan fingerprint density at radius 1 is 1.03 bits per heavy atom. The number of fused-ring (bicyclic) bond motifs is 1. The highest BCUT2D eigenvalue weighted by molar-refractivity contribution is 5.83. The zero-order valence-electron chi connectivity index (χ0n) is 17.2. The monoisotopic (exact) mass is 398 g/mol. The van der Waals surface area contributed by atoms with Crippen LogP contribution in [-0.4, -0.2) is 39.2 Å².